The smallest absolute Gasteiger partial charge is 0.265 e. The molecule has 2 heterocycles. The third-order valence-electron chi connectivity index (χ3n) is 5.25. The van der Waals surface area contributed by atoms with Crippen molar-refractivity contribution in [3.8, 4) is 0 Å². The van der Waals surface area contributed by atoms with Crippen LogP contribution in [0.4, 0.5) is 4.39 Å². The summed E-state index contributed by atoms with van der Waals surface area (Å²) >= 11 is 1.09. The molecule has 0 saturated heterocycles. The van der Waals surface area contributed by atoms with E-state index in [2.05, 4.69) is 0 Å². The van der Waals surface area contributed by atoms with Crippen molar-refractivity contribution < 1.29 is 17.6 Å². The quantitative estimate of drug-likeness (QED) is 0.600. The Morgan fingerprint density at radius 1 is 1.10 bits per heavy atom. The molecule has 8 heteroatoms. The van der Waals surface area contributed by atoms with Crippen molar-refractivity contribution in [2.45, 2.75) is 24.4 Å². The minimum Gasteiger partial charge on any atom is -0.337 e. The largest absolute Gasteiger partial charge is 0.337 e. The summed E-state index contributed by atoms with van der Waals surface area (Å²) in [6.07, 6.45) is 0.635. The molecular formula is C22H21FN2O3S2. The van der Waals surface area contributed by atoms with Crippen LogP contribution in [0.1, 0.15) is 26.4 Å². The molecule has 1 amide bonds. The fourth-order valence-electron chi connectivity index (χ4n) is 3.60. The first-order valence-electron chi connectivity index (χ1n) is 9.51. The van der Waals surface area contributed by atoms with Gasteiger partial charge in [0.25, 0.3) is 5.91 Å². The lowest BCUT2D eigenvalue weighted by molar-refractivity contribution is 0.0785. The number of hydrogen-bond acceptors (Lipinski definition) is 4. The number of benzene rings is 2. The molecule has 4 rings (SSSR count). The molecule has 2 aromatic carbocycles. The summed E-state index contributed by atoms with van der Waals surface area (Å²) in [5.74, 6) is -0.840. The maximum Gasteiger partial charge on any atom is 0.265 e. The molecule has 0 saturated carbocycles. The summed E-state index contributed by atoms with van der Waals surface area (Å²) in [5.41, 5.74) is 2.50. The fourth-order valence-corrected chi connectivity index (χ4v) is 6.41. The number of rotatable bonds is 5. The van der Waals surface area contributed by atoms with Gasteiger partial charge in [-0.05, 0) is 35.1 Å². The minimum absolute atomic E-state index is 0.0114. The van der Waals surface area contributed by atoms with Gasteiger partial charge in [0.1, 0.15) is 15.6 Å². The zero-order valence-corrected chi connectivity index (χ0v) is 18.0. The van der Waals surface area contributed by atoms with Crippen LogP contribution in [0.25, 0.3) is 0 Å². The lowest BCUT2D eigenvalue weighted by atomic mass is 10.0. The first kappa shape index (κ1) is 20.7. The molecule has 0 aliphatic carbocycles. The maximum atomic E-state index is 14.0. The Morgan fingerprint density at radius 3 is 2.57 bits per heavy atom. The molecule has 156 valence electrons. The van der Waals surface area contributed by atoms with Crippen molar-refractivity contribution in [3.63, 3.8) is 0 Å². The van der Waals surface area contributed by atoms with Crippen LogP contribution in [0, 0.1) is 5.82 Å². The third-order valence-corrected chi connectivity index (χ3v) is 8.17. The van der Waals surface area contributed by atoms with E-state index in [9.17, 15) is 17.6 Å². The zero-order chi connectivity index (χ0) is 21.3. The average Bonchev–Trinajstić information content (AvgIpc) is 3.25. The number of halogens is 1. The van der Waals surface area contributed by atoms with Gasteiger partial charge in [-0.1, -0.05) is 42.5 Å². The highest BCUT2D eigenvalue weighted by molar-refractivity contribution is 7.89. The summed E-state index contributed by atoms with van der Waals surface area (Å²) in [4.78, 5) is 14.5. The fraction of sp³-hybridized carbons (Fsp3) is 0.227. The van der Waals surface area contributed by atoms with Crippen LogP contribution in [0.5, 0.6) is 0 Å². The highest BCUT2D eigenvalue weighted by Gasteiger charge is 2.33. The van der Waals surface area contributed by atoms with E-state index in [1.54, 1.807) is 30.6 Å². The van der Waals surface area contributed by atoms with Gasteiger partial charge in [0.15, 0.2) is 0 Å². The highest BCUT2D eigenvalue weighted by atomic mass is 32.2. The lowest BCUT2D eigenvalue weighted by Crippen LogP contribution is -2.37. The molecule has 0 atom stereocenters. The van der Waals surface area contributed by atoms with E-state index in [1.807, 2.05) is 24.3 Å². The van der Waals surface area contributed by atoms with Crippen molar-refractivity contribution in [1.82, 2.24) is 9.21 Å². The number of amides is 1. The molecular weight excluding hydrogens is 423 g/mol. The van der Waals surface area contributed by atoms with Gasteiger partial charge in [-0.2, -0.15) is 4.31 Å². The van der Waals surface area contributed by atoms with E-state index in [0.717, 1.165) is 22.5 Å². The number of carbonyl (C=O) groups is 1. The van der Waals surface area contributed by atoms with E-state index < -0.39 is 21.7 Å². The predicted molar refractivity (Wildman–Crippen MR) is 114 cm³/mol. The SMILES string of the molecule is CN(Cc1ccccc1F)C(=O)c1sccc1S(=O)(=O)N1CCc2ccccc2C1. The Balaban J connectivity index is 1.58. The number of fused-ring (bicyclic) bond motifs is 1. The van der Waals surface area contributed by atoms with Crippen LogP contribution in [-0.2, 0) is 29.5 Å². The zero-order valence-electron chi connectivity index (χ0n) is 16.4. The van der Waals surface area contributed by atoms with E-state index in [1.165, 1.54) is 21.3 Å². The molecule has 0 unspecified atom stereocenters. The maximum absolute atomic E-state index is 14.0. The number of thiophene rings is 1. The third kappa shape index (κ3) is 3.90. The van der Waals surface area contributed by atoms with Gasteiger partial charge >= 0.3 is 0 Å². The number of carbonyl (C=O) groups excluding carboxylic acids is 1. The first-order valence-corrected chi connectivity index (χ1v) is 11.8. The van der Waals surface area contributed by atoms with Gasteiger partial charge in [-0.3, -0.25) is 4.79 Å². The number of sulfonamides is 1. The van der Waals surface area contributed by atoms with Gasteiger partial charge in [0.05, 0.1) is 0 Å². The van der Waals surface area contributed by atoms with Crippen LogP contribution in [0.2, 0.25) is 0 Å². The molecule has 30 heavy (non-hydrogen) atoms. The molecule has 5 nitrogen and oxygen atoms in total. The van der Waals surface area contributed by atoms with E-state index in [4.69, 9.17) is 0 Å². The van der Waals surface area contributed by atoms with Crippen LogP contribution in [0.3, 0.4) is 0 Å². The van der Waals surface area contributed by atoms with Crippen molar-refractivity contribution in [2.75, 3.05) is 13.6 Å². The summed E-state index contributed by atoms with van der Waals surface area (Å²) in [7, 11) is -2.29. The molecule has 0 N–H and O–H groups in total. The molecule has 0 bridgehead atoms. The van der Waals surface area contributed by atoms with E-state index in [-0.39, 0.29) is 22.9 Å². The summed E-state index contributed by atoms with van der Waals surface area (Å²) in [6, 6.07) is 15.5. The summed E-state index contributed by atoms with van der Waals surface area (Å²) in [6.45, 7) is 0.709. The van der Waals surface area contributed by atoms with Crippen molar-refractivity contribution in [3.05, 3.63) is 87.4 Å². The van der Waals surface area contributed by atoms with Gasteiger partial charge < -0.3 is 4.90 Å². The monoisotopic (exact) mass is 444 g/mol. The van der Waals surface area contributed by atoms with Crippen LogP contribution < -0.4 is 0 Å². The second-order valence-corrected chi connectivity index (χ2v) is 10.0. The summed E-state index contributed by atoms with van der Waals surface area (Å²) in [5, 5.41) is 1.61. The van der Waals surface area contributed by atoms with Crippen molar-refractivity contribution in [2.24, 2.45) is 0 Å². The van der Waals surface area contributed by atoms with E-state index in [0.29, 0.717) is 18.5 Å². The van der Waals surface area contributed by atoms with E-state index >= 15 is 0 Å². The molecule has 1 aliphatic rings. The highest BCUT2D eigenvalue weighted by Crippen LogP contribution is 2.30. The van der Waals surface area contributed by atoms with Crippen LogP contribution in [-0.4, -0.2) is 37.1 Å². The predicted octanol–water partition coefficient (Wildman–Crippen LogP) is 3.91. The molecule has 1 aromatic heterocycles. The Bertz CT molecular complexity index is 1190. The van der Waals surface area contributed by atoms with Gasteiger partial charge in [-0.15, -0.1) is 11.3 Å². The molecule has 0 fully saturated rings. The average molecular weight is 445 g/mol. The van der Waals surface area contributed by atoms with Crippen molar-refractivity contribution >= 4 is 27.3 Å². The van der Waals surface area contributed by atoms with Crippen LogP contribution >= 0.6 is 11.3 Å². The normalized spacial score (nSPS) is 14.3. The second-order valence-electron chi connectivity index (χ2n) is 7.22. The lowest BCUT2D eigenvalue weighted by Gasteiger charge is -2.28. The molecule has 0 spiro atoms. The van der Waals surface area contributed by atoms with Crippen LogP contribution in [0.15, 0.2) is 64.9 Å². The van der Waals surface area contributed by atoms with Crippen molar-refractivity contribution in [1.29, 1.82) is 0 Å². The standard InChI is InChI=1S/C22H21FN2O3S2/c1-24(14-18-8-4-5-9-19(18)23)22(26)21-20(11-13-29-21)30(27,28)25-12-10-16-6-2-3-7-17(16)15-25/h2-9,11,13H,10,12,14-15H2,1H3. The van der Waals surface area contributed by atoms with Gasteiger partial charge in [-0.25, -0.2) is 12.8 Å². The van der Waals surface area contributed by atoms with Gasteiger partial charge in [0, 0.05) is 32.2 Å². The number of nitrogens with zero attached hydrogens (tertiary/aromatic N) is 2. The Labute approximate surface area is 179 Å². The summed E-state index contributed by atoms with van der Waals surface area (Å²) < 4.78 is 42.0. The Morgan fingerprint density at radius 2 is 1.80 bits per heavy atom. The topological polar surface area (TPSA) is 57.7 Å². The molecule has 3 aromatic rings. The molecule has 0 radical (unpaired) electrons. The van der Waals surface area contributed by atoms with Gasteiger partial charge in [0.2, 0.25) is 10.0 Å². The number of hydrogen-bond donors (Lipinski definition) is 0. The first-order chi connectivity index (χ1) is 14.4. The Kier molecular flexibility index (Phi) is 5.73. The minimum atomic E-state index is -3.83. The Hall–Kier alpha value is -2.55. The second kappa shape index (κ2) is 8.29. The molecule has 1 aliphatic heterocycles.